The number of hydrogen-bond acceptors (Lipinski definition) is 5. The Morgan fingerprint density at radius 2 is 1.48 bits per heavy atom. The summed E-state index contributed by atoms with van der Waals surface area (Å²) in [6.45, 7) is 0. The standard InChI is InChI=1S/C22H21N3O4S2/c23-31(28,29)20-11-9-17(10-12-20)24-22(27)15-30-19-8-4-7-18(14-19)25-21(26)13-16-5-2-1-3-6-16/h1-12,14H,13,15H2,(H,24,27)(H,25,26)(H2,23,28,29). The lowest BCUT2D eigenvalue weighted by Gasteiger charge is -2.08. The molecule has 0 heterocycles. The van der Waals surface area contributed by atoms with Crippen molar-refractivity contribution in [2.24, 2.45) is 5.14 Å². The third-order valence-corrected chi connectivity index (χ3v) is 6.08. The molecule has 3 aromatic rings. The fourth-order valence-electron chi connectivity index (χ4n) is 2.72. The van der Waals surface area contributed by atoms with Crippen LogP contribution < -0.4 is 15.8 Å². The number of benzene rings is 3. The Balaban J connectivity index is 1.51. The number of nitrogens with two attached hydrogens (primary N) is 1. The van der Waals surface area contributed by atoms with Gasteiger partial charge in [0.25, 0.3) is 0 Å². The highest BCUT2D eigenvalue weighted by atomic mass is 32.2. The first-order valence-corrected chi connectivity index (χ1v) is 11.8. The Kier molecular flexibility index (Phi) is 7.45. The van der Waals surface area contributed by atoms with E-state index >= 15 is 0 Å². The number of hydrogen-bond donors (Lipinski definition) is 3. The van der Waals surface area contributed by atoms with Crippen molar-refractivity contribution in [3.8, 4) is 0 Å². The van der Waals surface area contributed by atoms with E-state index in [9.17, 15) is 18.0 Å². The van der Waals surface area contributed by atoms with E-state index in [2.05, 4.69) is 10.6 Å². The topological polar surface area (TPSA) is 118 Å². The monoisotopic (exact) mass is 455 g/mol. The van der Waals surface area contributed by atoms with Crippen LogP contribution in [-0.4, -0.2) is 26.0 Å². The molecular formula is C22H21N3O4S2. The number of nitrogens with one attached hydrogen (secondary N) is 2. The summed E-state index contributed by atoms with van der Waals surface area (Å²) in [5, 5.41) is 10.6. The summed E-state index contributed by atoms with van der Waals surface area (Å²) in [5.74, 6) is -0.209. The predicted octanol–water partition coefficient (Wildman–Crippen LogP) is 3.25. The highest BCUT2D eigenvalue weighted by Crippen LogP contribution is 2.22. The second-order valence-corrected chi connectivity index (χ2v) is 9.25. The summed E-state index contributed by atoms with van der Waals surface area (Å²) >= 11 is 1.32. The van der Waals surface area contributed by atoms with Crippen molar-refractivity contribution in [3.63, 3.8) is 0 Å². The van der Waals surface area contributed by atoms with Gasteiger partial charge in [0.05, 0.1) is 17.1 Å². The summed E-state index contributed by atoms with van der Waals surface area (Å²) in [7, 11) is -3.77. The van der Waals surface area contributed by atoms with Crippen LogP contribution in [0.4, 0.5) is 11.4 Å². The van der Waals surface area contributed by atoms with Crippen LogP contribution in [0.25, 0.3) is 0 Å². The number of anilines is 2. The molecular weight excluding hydrogens is 434 g/mol. The van der Waals surface area contributed by atoms with Crippen molar-refractivity contribution in [1.29, 1.82) is 0 Å². The molecule has 0 aliphatic rings. The second kappa shape index (κ2) is 10.3. The molecule has 7 nitrogen and oxygen atoms in total. The van der Waals surface area contributed by atoms with Gasteiger partial charge in [0, 0.05) is 16.3 Å². The lowest BCUT2D eigenvalue weighted by Crippen LogP contribution is -2.15. The van der Waals surface area contributed by atoms with E-state index in [1.807, 2.05) is 48.5 Å². The van der Waals surface area contributed by atoms with Crippen LogP contribution in [0.5, 0.6) is 0 Å². The Bertz CT molecular complexity index is 1160. The van der Waals surface area contributed by atoms with Crippen LogP contribution in [0.15, 0.2) is 88.7 Å². The molecule has 0 saturated heterocycles. The average molecular weight is 456 g/mol. The minimum atomic E-state index is -3.77. The molecule has 0 bridgehead atoms. The van der Waals surface area contributed by atoms with Gasteiger partial charge < -0.3 is 10.6 Å². The van der Waals surface area contributed by atoms with Crippen LogP contribution in [0, 0.1) is 0 Å². The molecule has 4 N–H and O–H groups in total. The molecule has 2 amide bonds. The van der Waals surface area contributed by atoms with Gasteiger partial charge in [-0.2, -0.15) is 0 Å². The van der Waals surface area contributed by atoms with Gasteiger partial charge in [-0.1, -0.05) is 36.4 Å². The van der Waals surface area contributed by atoms with E-state index in [1.54, 1.807) is 6.07 Å². The van der Waals surface area contributed by atoms with Crippen molar-refractivity contribution < 1.29 is 18.0 Å². The van der Waals surface area contributed by atoms with Crippen molar-refractivity contribution >= 4 is 45.0 Å². The number of amides is 2. The first kappa shape index (κ1) is 22.5. The zero-order chi connectivity index (χ0) is 22.3. The van der Waals surface area contributed by atoms with Crippen molar-refractivity contribution in [2.45, 2.75) is 16.2 Å². The van der Waals surface area contributed by atoms with Gasteiger partial charge in [-0.15, -0.1) is 11.8 Å². The van der Waals surface area contributed by atoms with E-state index in [1.165, 1.54) is 36.0 Å². The molecule has 31 heavy (non-hydrogen) atoms. The van der Waals surface area contributed by atoms with Crippen LogP contribution in [0.2, 0.25) is 0 Å². The van der Waals surface area contributed by atoms with Gasteiger partial charge in [0.15, 0.2) is 0 Å². The molecule has 0 atom stereocenters. The fourth-order valence-corrected chi connectivity index (χ4v) is 3.99. The van der Waals surface area contributed by atoms with Gasteiger partial charge in [-0.05, 0) is 48.0 Å². The molecule has 0 aliphatic carbocycles. The van der Waals surface area contributed by atoms with Crippen LogP contribution in [0.3, 0.4) is 0 Å². The molecule has 0 saturated carbocycles. The van der Waals surface area contributed by atoms with Gasteiger partial charge in [-0.3, -0.25) is 9.59 Å². The molecule has 3 aromatic carbocycles. The third-order valence-electron chi connectivity index (χ3n) is 4.16. The van der Waals surface area contributed by atoms with E-state index in [0.29, 0.717) is 11.4 Å². The molecule has 0 fully saturated rings. The van der Waals surface area contributed by atoms with Crippen LogP contribution in [0.1, 0.15) is 5.56 Å². The van der Waals surface area contributed by atoms with Gasteiger partial charge in [0.2, 0.25) is 21.8 Å². The summed E-state index contributed by atoms with van der Waals surface area (Å²) in [4.78, 5) is 25.2. The number of primary sulfonamides is 1. The Morgan fingerprint density at radius 1 is 0.806 bits per heavy atom. The van der Waals surface area contributed by atoms with E-state index < -0.39 is 10.0 Å². The highest BCUT2D eigenvalue weighted by Gasteiger charge is 2.09. The van der Waals surface area contributed by atoms with Gasteiger partial charge in [0.1, 0.15) is 0 Å². The number of thioether (sulfide) groups is 1. The highest BCUT2D eigenvalue weighted by molar-refractivity contribution is 8.00. The SMILES string of the molecule is NS(=O)(=O)c1ccc(NC(=O)CSc2cccc(NC(=O)Cc3ccccc3)c2)cc1. The van der Waals surface area contributed by atoms with Crippen LogP contribution in [-0.2, 0) is 26.0 Å². The predicted molar refractivity (Wildman–Crippen MR) is 122 cm³/mol. The lowest BCUT2D eigenvalue weighted by atomic mass is 10.1. The molecule has 0 spiro atoms. The molecule has 0 aromatic heterocycles. The van der Waals surface area contributed by atoms with Crippen molar-refractivity contribution in [3.05, 3.63) is 84.4 Å². The van der Waals surface area contributed by atoms with E-state index in [0.717, 1.165) is 10.5 Å². The maximum absolute atomic E-state index is 12.2. The van der Waals surface area contributed by atoms with E-state index in [-0.39, 0.29) is 28.9 Å². The fraction of sp³-hybridized carbons (Fsp3) is 0.0909. The summed E-state index contributed by atoms with van der Waals surface area (Å²) in [6, 6.07) is 22.4. The molecule has 0 radical (unpaired) electrons. The lowest BCUT2D eigenvalue weighted by molar-refractivity contribution is -0.115. The Morgan fingerprint density at radius 3 is 2.16 bits per heavy atom. The Labute approximate surface area is 185 Å². The summed E-state index contributed by atoms with van der Waals surface area (Å²) in [6.07, 6.45) is 0.283. The molecule has 160 valence electrons. The number of carbonyl (C=O) groups excluding carboxylic acids is 2. The van der Waals surface area contributed by atoms with Crippen molar-refractivity contribution in [1.82, 2.24) is 0 Å². The zero-order valence-corrected chi connectivity index (χ0v) is 18.1. The number of sulfonamides is 1. The molecule has 3 rings (SSSR count). The van der Waals surface area contributed by atoms with Crippen LogP contribution >= 0.6 is 11.8 Å². The number of carbonyl (C=O) groups is 2. The normalized spacial score (nSPS) is 11.0. The quantitative estimate of drug-likeness (QED) is 0.451. The summed E-state index contributed by atoms with van der Waals surface area (Å²) in [5.41, 5.74) is 2.06. The minimum Gasteiger partial charge on any atom is -0.326 e. The molecule has 0 unspecified atom stereocenters. The smallest absolute Gasteiger partial charge is 0.238 e. The largest absolute Gasteiger partial charge is 0.326 e. The van der Waals surface area contributed by atoms with Crippen molar-refractivity contribution in [2.75, 3.05) is 16.4 Å². The first-order chi connectivity index (χ1) is 14.8. The number of rotatable bonds is 8. The van der Waals surface area contributed by atoms with Gasteiger partial charge >= 0.3 is 0 Å². The Hall–Kier alpha value is -3.14. The average Bonchev–Trinajstić information content (AvgIpc) is 2.73. The second-order valence-electron chi connectivity index (χ2n) is 6.64. The minimum absolute atomic E-state index is 0.0222. The van der Waals surface area contributed by atoms with E-state index in [4.69, 9.17) is 5.14 Å². The third kappa shape index (κ3) is 7.25. The molecule has 9 heteroatoms. The summed E-state index contributed by atoms with van der Waals surface area (Å²) < 4.78 is 22.5. The maximum Gasteiger partial charge on any atom is 0.238 e. The van der Waals surface area contributed by atoms with Gasteiger partial charge in [-0.25, -0.2) is 13.6 Å². The molecule has 0 aliphatic heterocycles. The first-order valence-electron chi connectivity index (χ1n) is 9.29. The maximum atomic E-state index is 12.2. The zero-order valence-electron chi connectivity index (χ0n) is 16.4.